The van der Waals surface area contributed by atoms with E-state index >= 15 is 0 Å². The van der Waals surface area contributed by atoms with Crippen molar-refractivity contribution in [1.82, 2.24) is 0 Å². The molecule has 5 aliphatic rings. The Balaban J connectivity index is 1.34. The summed E-state index contributed by atoms with van der Waals surface area (Å²) < 4.78 is 5.54. The van der Waals surface area contributed by atoms with E-state index in [1.165, 1.54) is 44.9 Å². The number of hydrogen-bond donors (Lipinski definition) is 0. The molecule has 3 nitrogen and oxygen atoms in total. The molecule has 0 aromatic carbocycles. The monoisotopic (exact) mass is 358 g/mol. The van der Waals surface area contributed by atoms with Crippen molar-refractivity contribution in [3.63, 3.8) is 0 Å². The number of carbonyl (C=O) groups excluding carboxylic acids is 2. The van der Waals surface area contributed by atoms with Gasteiger partial charge in [0.05, 0.1) is 0 Å². The number of rotatable bonds is 2. The van der Waals surface area contributed by atoms with Gasteiger partial charge in [-0.3, -0.25) is 9.59 Å². The highest BCUT2D eigenvalue weighted by atomic mass is 16.5. The van der Waals surface area contributed by atoms with Crippen LogP contribution in [0.3, 0.4) is 0 Å². The molecule has 144 valence electrons. The van der Waals surface area contributed by atoms with Crippen LogP contribution in [0.1, 0.15) is 78.6 Å². The van der Waals surface area contributed by atoms with Crippen molar-refractivity contribution in [2.24, 2.45) is 46.3 Å². The molecule has 5 saturated carbocycles. The molecule has 0 aliphatic heterocycles. The summed E-state index contributed by atoms with van der Waals surface area (Å²) in [6.45, 7) is 5.89. The minimum absolute atomic E-state index is 0.0620. The number of ether oxygens (including phenoxy) is 1. The van der Waals surface area contributed by atoms with E-state index in [9.17, 15) is 9.59 Å². The molecular formula is C23H34O3. The van der Waals surface area contributed by atoms with E-state index in [4.69, 9.17) is 4.74 Å². The predicted octanol–water partition coefficient (Wildman–Crippen LogP) is 4.78. The molecule has 0 bridgehead atoms. The standard InChI is InChI=1S/C23H34O3/c1-13(24)23-12-16(23)11-21-20-6-4-15-10-17(26-14(2)25)5-7-18(15)19(20)8-9-22(21,23)3/h15-21H,4-12H2,1-3H3/t15-,16?,17+,18-,19+,20+,21-,22-,23-/m0/s1. The van der Waals surface area contributed by atoms with Gasteiger partial charge in [0, 0.05) is 12.3 Å². The Kier molecular flexibility index (Phi) is 3.70. The van der Waals surface area contributed by atoms with Crippen molar-refractivity contribution in [3.05, 3.63) is 0 Å². The van der Waals surface area contributed by atoms with Crippen molar-refractivity contribution >= 4 is 11.8 Å². The molecule has 0 aromatic rings. The lowest BCUT2D eigenvalue weighted by Gasteiger charge is -2.57. The smallest absolute Gasteiger partial charge is 0.302 e. The fourth-order valence-electron chi connectivity index (χ4n) is 8.91. The van der Waals surface area contributed by atoms with Crippen molar-refractivity contribution in [2.45, 2.75) is 84.7 Å². The van der Waals surface area contributed by atoms with E-state index in [2.05, 4.69) is 6.92 Å². The lowest BCUT2D eigenvalue weighted by Crippen LogP contribution is -2.51. The minimum Gasteiger partial charge on any atom is -0.463 e. The van der Waals surface area contributed by atoms with Gasteiger partial charge < -0.3 is 4.74 Å². The van der Waals surface area contributed by atoms with E-state index in [0.29, 0.717) is 11.7 Å². The van der Waals surface area contributed by atoms with Gasteiger partial charge in [0.1, 0.15) is 11.9 Å². The normalized spacial score (nSPS) is 54.3. The van der Waals surface area contributed by atoms with Gasteiger partial charge in [-0.1, -0.05) is 6.92 Å². The first-order valence-electron chi connectivity index (χ1n) is 11.0. The third-order valence-electron chi connectivity index (χ3n) is 9.92. The van der Waals surface area contributed by atoms with Gasteiger partial charge in [-0.05, 0) is 106 Å². The maximum atomic E-state index is 12.5. The zero-order valence-electron chi connectivity index (χ0n) is 16.6. The molecule has 9 atom stereocenters. The largest absolute Gasteiger partial charge is 0.463 e. The van der Waals surface area contributed by atoms with Crippen molar-refractivity contribution < 1.29 is 14.3 Å². The first-order valence-corrected chi connectivity index (χ1v) is 11.0. The van der Waals surface area contributed by atoms with E-state index in [1.54, 1.807) is 6.92 Å². The summed E-state index contributed by atoms with van der Waals surface area (Å²) in [4.78, 5) is 23.9. The molecule has 3 heteroatoms. The fourth-order valence-corrected chi connectivity index (χ4v) is 8.91. The second-order valence-electron chi connectivity index (χ2n) is 10.6. The summed E-state index contributed by atoms with van der Waals surface area (Å²) in [5, 5.41) is 0. The molecule has 0 radical (unpaired) electrons. The van der Waals surface area contributed by atoms with Gasteiger partial charge in [0.2, 0.25) is 0 Å². The van der Waals surface area contributed by atoms with Crippen molar-refractivity contribution in [1.29, 1.82) is 0 Å². The molecule has 0 aromatic heterocycles. The third kappa shape index (κ3) is 2.12. The number of Topliss-reactive ketones (excluding diaryl/α,β-unsaturated/α-hetero) is 1. The van der Waals surface area contributed by atoms with Crippen LogP contribution in [0.15, 0.2) is 0 Å². The van der Waals surface area contributed by atoms with E-state index in [0.717, 1.165) is 42.4 Å². The first kappa shape index (κ1) is 17.3. The molecule has 0 N–H and O–H groups in total. The summed E-state index contributed by atoms with van der Waals surface area (Å²) in [6.07, 6.45) is 11.3. The van der Waals surface area contributed by atoms with Crippen LogP contribution in [0.2, 0.25) is 0 Å². The Labute approximate surface area is 157 Å². The molecule has 5 aliphatic carbocycles. The first-order chi connectivity index (χ1) is 12.4. The highest BCUT2D eigenvalue weighted by molar-refractivity contribution is 5.87. The molecule has 0 saturated heterocycles. The van der Waals surface area contributed by atoms with E-state index < -0.39 is 0 Å². The molecule has 5 fully saturated rings. The highest BCUT2D eigenvalue weighted by Gasteiger charge is 2.76. The summed E-state index contributed by atoms with van der Waals surface area (Å²) >= 11 is 0. The number of ketones is 1. The van der Waals surface area contributed by atoms with E-state index in [1.807, 2.05) is 6.92 Å². The second-order valence-corrected chi connectivity index (χ2v) is 10.6. The van der Waals surface area contributed by atoms with Crippen LogP contribution in [-0.2, 0) is 14.3 Å². The van der Waals surface area contributed by atoms with Gasteiger partial charge in [0.25, 0.3) is 0 Å². The second kappa shape index (κ2) is 5.58. The van der Waals surface area contributed by atoms with Gasteiger partial charge in [0.15, 0.2) is 0 Å². The lowest BCUT2D eigenvalue weighted by atomic mass is 9.48. The van der Waals surface area contributed by atoms with Gasteiger partial charge in [-0.25, -0.2) is 0 Å². The number of fused-ring (bicyclic) bond motifs is 7. The van der Waals surface area contributed by atoms with Gasteiger partial charge in [-0.15, -0.1) is 0 Å². The molecule has 1 unspecified atom stereocenters. The van der Waals surface area contributed by atoms with Crippen LogP contribution in [0, 0.1) is 46.3 Å². The Bertz CT molecular complexity index is 641. The average Bonchev–Trinajstić information content (AvgIpc) is 3.27. The molecule has 5 rings (SSSR count). The predicted molar refractivity (Wildman–Crippen MR) is 99.3 cm³/mol. The van der Waals surface area contributed by atoms with Gasteiger partial charge in [-0.2, -0.15) is 0 Å². The summed E-state index contributed by atoms with van der Waals surface area (Å²) in [7, 11) is 0. The van der Waals surface area contributed by atoms with E-state index in [-0.39, 0.29) is 22.9 Å². The molecular weight excluding hydrogens is 324 g/mol. The van der Waals surface area contributed by atoms with Crippen LogP contribution in [0.25, 0.3) is 0 Å². The maximum Gasteiger partial charge on any atom is 0.302 e. The van der Waals surface area contributed by atoms with Crippen molar-refractivity contribution in [3.8, 4) is 0 Å². The van der Waals surface area contributed by atoms with Crippen LogP contribution in [0.4, 0.5) is 0 Å². The van der Waals surface area contributed by atoms with Crippen LogP contribution < -0.4 is 0 Å². The SMILES string of the molecule is CC(=O)O[C@@H]1CC[C@H]2[C@@H](CC[C@@H]3[C@@H]2CC[C@@]2(C)[C@H]3CC3C[C@]32C(C)=O)C1. The summed E-state index contributed by atoms with van der Waals surface area (Å²) in [5.41, 5.74) is 0.346. The number of hydrogen-bond acceptors (Lipinski definition) is 3. The molecule has 0 spiro atoms. The van der Waals surface area contributed by atoms with Crippen LogP contribution >= 0.6 is 0 Å². The third-order valence-corrected chi connectivity index (χ3v) is 9.92. The lowest BCUT2D eigenvalue weighted by molar-refractivity contribution is -0.153. The Hall–Kier alpha value is -0.860. The topological polar surface area (TPSA) is 43.4 Å². The Morgan fingerprint density at radius 3 is 2.42 bits per heavy atom. The summed E-state index contributed by atoms with van der Waals surface area (Å²) in [5.74, 6) is 5.18. The highest BCUT2D eigenvalue weighted by Crippen LogP contribution is 2.79. The quantitative estimate of drug-likeness (QED) is 0.668. The molecule has 26 heavy (non-hydrogen) atoms. The average molecular weight is 359 g/mol. The fraction of sp³-hybridized carbons (Fsp3) is 0.913. The Morgan fingerprint density at radius 1 is 0.923 bits per heavy atom. The maximum absolute atomic E-state index is 12.5. The van der Waals surface area contributed by atoms with Crippen LogP contribution in [-0.4, -0.2) is 17.9 Å². The zero-order valence-corrected chi connectivity index (χ0v) is 16.6. The van der Waals surface area contributed by atoms with Gasteiger partial charge >= 0.3 is 5.97 Å². The number of esters is 1. The van der Waals surface area contributed by atoms with Crippen molar-refractivity contribution in [2.75, 3.05) is 0 Å². The summed E-state index contributed by atoms with van der Waals surface area (Å²) in [6, 6.07) is 0. The molecule has 0 heterocycles. The zero-order chi connectivity index (χ0) is 18.3. The molecule has 0 amide bonds. The van der Waals surface area contributed by atoms with Crippen LogP contribution in [0.5, 0.6) is 0 Å². The number of carbonyl (C=O) groups is 2. The Morgan fingerprint density at radius 2 is 1.69 bits per heavy atom. The minimum atomic E-state index is -0.115.